The Kier molecular flexibility index (Phi) is 1.29. The summed E-state index contributed by atoms with van der Waals surface area (Å²) in [5, 5.41) is 0.603. The van der Waals surface area contributed by atoms with Gasteiger partial charge in [-0.3, -0.25) is 0 Å². The first-order chi connectivity index (χ1) is 5.25. The summed E-state index contributed by atoms with van der Waals surface area (Å²) in [6.07, 6.45) is 3.72. The van der Waals surface area contributed by atoms with E-state index in [-0.39, 0.29) is 0 Å². The van der Waals surface area contributed by atoms with Crippen LogP contribution in [0, 0.1) is 7.05 Å². The first kappa shape index (κ1) is 6.54. The molecule has 0 aromatic carbocycles. The van der Waals surface area contributed by atoms with Crippen molar-refractivity contribution in [3.8, 4) is 0 Å². The molecular formula is C7H7N3S+. The molecule has 0 saturated carbocycles. The third kappa shape index (κ3) is 1.05. The number of hydrogen-bond donors (Lipinski definition) is 1. The van der Waals surface area contributed by atoms with Crippen molar-refractivity contribution in [3.05, 3.63) is 25.5 Å². The van der Waals surface area contributed by atoms with Gasteiger partial charge < -0.3 is 5.73 Å². The lowest BCUT2D eigenvalue weighted by molar-refractivity contribution is -0.610. The molecule has 1 radical (unpaired) electrons. The highest BCUT2D eigenvalue weighted by Gasteiger charge is 2.03. The van der Waals surface area contributed by atoms with Crippen molar-refractivity contribution < 1.29 is 4.57 Å². The molecule has 0 amide bonds. The predicted molar refractivity (Wildman–Crippen MR) is 45.0 cm³/mol. The fourth-order valence-electron chi connectivity index (χ4n) is 0.937. The van der Waals surface area contributed by atoms with E-state index in [0.29, 0.717) is 5.13 Å². The number of hydrogen-bond acceptors (Lipinski definition) is 3. The maximum atomic E-state index is 5.52. The van der Waals surface area contributed by atoms with E-state index in [1.807, 2.05) is 18.5 Å². The van der Waals surface area contributed by atoms with Crippen LogP contribution in [-0.2, 0) is 0 Å². The van der Waals surface area contributed by atoms with Gasteiger partial charge in [0.05, 0.1) is 4.70 Å². The third-order valence-electron chi connectivity index (χ3n) is 1.40. The van der Waals surface area contributed by atoms with Gasteiger partial charge in [-0.25, -0.2) is 4.98 Å². The molecule has 4 heteroatoms. The lowest BCUT2D eigenvalue weighted by Gasteiger charge is -1.82. The number of rotatable bonds is 0. The average molecular weight is 165 g/mol. The van der Waals surface area contributed by atoms with Crippen LogP contribution in [0.25, 0.3) is 10.2 Å². The first-order valence-corrected chi connectivity index (χ1v) is 3.95. The Labute approximate surface area is 68.1 Å². The largest absolute Gasteiger partial charge is 0.375 e. The maximum Gasteiger partial charge on any atom is 0.206 e. The molecule has 0 aliphatic carbocycles. The number of nitrogens with zero attached hydrogens (tertiary/aromatic N) is 2. The molecule has 2 aromatic heterocycles. The number of thiazole rings is 1. The van der Waals surface area contributed by atoms with Crippen LogP contribution in [0.5, 0.6) is 0 Å². The van der Waals surface area contributed by atoms with Gasteiger partial charge in [0.1, 0.15) is 5.52 Å². The Hall–Kier alpha value is -1.16. The molecule has 55 valence electrons. The van der Waals surface area contributed by atoms with E-state index in [4.69, 9.17) is 5.73 Å². The topological polar surface area (TPSA) is 42.8 Å². The van der Waals surface area contributed by atoms with Gasteiger partial charge in [0.25, 0.3) is 0 Å². The molecule has 0 atom stereocenters. The minimum atomic E-state index is 0.603. The van der Waals surface area contributed by atoms with Gasteiger partial charge in [-0.1, -0.05) is 11.3 Å². The number of fused-ring (bicyclic) bond motifs is 1. The monoisotopic (exact) mass is 165 g/mol. The summed E-state index contributed by atoms with van der Waals surface area (Å²) < 4.78 is 2.81. The van der Waals surface area contributed by atoms with E-state index in [1.165, 1.54) is 11.3 Å². The zero-order chi connectivity index (χ0) is 7.84. The van der Waals surface area contributed by atoms with Crippen LogP contribution < -0.4 is 10.3 Å². The number of anilines is 1. The van der Waals surface area contributed by atoms with E-state index >= 15 is 0 Å². The smallest absolute Gasteiger partial charge is 0.206 e. The van der Waals surface area contributed by atoms with E-state index in [2.05, 4.69) is 12.0 Å². The fraction of sp³-hybridized carbons (Fsp3) is 0. The van der Waals surface area contributed by atoms with E-state index in [0.717, 1.165) is 10.2 Å². The van der Waals surface area contributed by atoms with Crippen LogP contribution in [-0.4, -0.2) is 4.98 Å². The molecule has 2 rings (SSSR count). The van der Waals surface area contributed by atoms with Gasteiger partial charge in [0, 0.05) is 6.07 Å². The molecule has 0 aliphatic rings. The number of nitrogens with two attached hydrogens (primary N) is 1. The maximum absolute atomic E-state index is 5.52. The van der Waals surface area contributed by atoms with Crippen molar-refractivity contribution in [3.63, 3.8) is 0 Å². The zero-order valence-electron chi connectivity index (χ0n) is 5.82. The fourth-order valence-corrected chi connectivity index (χ4v) is 1.64. The van der Waals surface area contributed by atoms with E-state index < -0.39 is 0 Å². The van der Waals surface area contributed by atoms with Crippen molar-refractivity contribution in [2.45, 2.75) is 0 Å². The Balaban J connectivity index is 2.82. The van der Waals surface area contributed by atoms with Gasteiger partial charge in [0.15, 0.2) is 17.5 Å². The molecule has 2 N–H and O–H groups in total. The molecule has 2 heterocycles. The predicted octanol–water partition coefficient (Wildman–Crippen LogP) is 0.806. The third-order valence-corrected chi connectivity index (χ3v) is 2.27. The van der Waals surface area contributed by atoms with Gasteiger partial charge in [-0.2, -0.15) is 4.57 Å². The quantitative estimate of drug-likeness (QED) is 0.587. The molecule has 3 nitrogen and oxygen atoms in total. The highest BCUT2D eigenvalue weighted by atomic mass is 32.1. The van der Waals surface area contributed by atoms with Crippen molar-refractivity contribution in [2.24, 2.45) is 0 Å². The number of nitrogen functional groups attached to an aromatic ring is 1. The molecule has 0 aliphatic heterocycles. The van der Waals surface area contributed by atoms with Crippen molar-refractivity contribution in [1.82, 2.24) is 4.98 Å². The van der Waals surface area contributed by atoms with Crippen LogP contribution in [0.1, 0.15) is 0 Å². The second-order valence-corrected chi connectivity index (χ2v) is 3.32. The standard InChI is InChI=1S/C7H7N3S/c1-10-3-2-6-5(4-10)9-7(8)11-6/h2-4H,1H2,(H2,8,9)/q+1. The summed E-state index contributed by atoms with van der Waals surface area (Å²) in [4.78, 5) is 4.11. The van der Waals surface area contributed by atoms with Crippen molar-refractivity contribution in [1.29, 1.82) is 0 Å². The average Bonchev–Trinajstić information content (AvgIpc) is 2.27. The van der Waals surface area contributed by atoms with Crippen molar-refractivity contribution in [2.75, 3.05) is 5.73 Å². The van der Waals surface area contributed by atoms with Crippen LogP contribution >= 0.6 is 11.3 Å². The lowest BCUT2D eigenvalue weighted by Crippen LogP contribution is -2.22. The Morgan fingerprint density at radius 3 is 3.27 bits per heavy atom. The van der Waals surface area contributed by atoms with Gasteiger partial charge in [0.2, 0.25) is 7.05 Å². The Morgan fingerprint density at radius 2 is 2.45 bits per heavy atom. The molecule has 2 aromatic rings. The Bertz CT molecular complexity index is 393. The van der Waals surface area contributed by atoms with Crippen LogP contribution in [0.2, 0.25) is 0 Å². The summed E-state index contributed by atoms with van der Waals surface area (Å²) in [5.74, 6) is 0. The van der Waals surface area contributed by atoms with Gasteiger partial charge in [-0.05, 0) is 0 Å². The highest BCUT2D eigenvalue weighted by Crippen LogP contribution is 2.20. The number of aromatic nitrogens is 2. The molecular weight excluding hydrogens is 158 g/mol. The summed E-state index contributed by atoms with van der Waals surface area (Å²) in [6, 6.07) is 1.95. The van der Waals surface area contributed by atoms with Crippen LogP contribution in [0.15, 0.2) is 18.5 Å². The zero-order valence-corrected chi connectivity index (χ0v) is 6.64. The summed E-state index contributed by atoms with van der Waals surface area (Å²) in [6.45, 7) is 0. The minimum Gasteiger partial charge on any atom is -0.375 e. The highest BCUT2D eigenvalue weighted by molar-refractivity contribution is 7.22. The van der Waals surface area contributed by atoms with Gasteiger partial charge >= 0.3 is 0 Å². The molecule has 0 fully saturated rings. The summed E-state index contributed by atoms with van der Waals surface area (Å²) >= 11 is 1.49. The molecule has 0 bridgehead atoms. The molecule has 11 heavy (non-hydrogen) atoms. The second-order valence-electron chi connectivity index (χ2n) is 2.26. The summed E-state index contributed by atoms with van der Waals surface area (Å²) in [5.41, 5.74) is 6.43. The molecule has 0 unspecified atom stereocenters. The van der Waals surface area contributed by atoms with E-state index in [9.17, 15) is 0 Å². The minimum absolute atomic E-state index is 0.603. The first-order valence-electron chi connectivity index (χ1n) is 3.14. The summed E-state index contributed by atoms with van der Waals surface area (Å²) in [7, 11) is 3.72. The van der Waals surface area contributed by atoms with Gasteiger partial charge in [-0.15, -0.1) is 0 Å². The second kappa shape index (κ2) is 2.17. The van der Waals surface area contributed by atoms with Crippen LogP contribution in [0.3, 0.4) is 0 Å². The molecule has 0 spiro atoms. The van der Waals surface area contributed by atoms with Crippen molar-refractivity contribution >= 4 is 26.7 Å². The van der Waals surface area contributed by atoms with Crippen LogP contribution in [0.4, 0.5) is 5.13 Å². The number of pyridine rings is 1. The SMILES string of the molecule is [CH2][n+]1ccc2sc(N)nc2c1. The normalized spacial score (nSPS) is 10.6. The van der Waals surface area contributed by atoms with E-state index in [1.54, 1.807) is 4.57 Å². The molecule has 0 saturated heterocycles. The lowest BCUT2D eigenvalue weighted by atomic mass is 10.4. The Morgan fingerprint density at radius 1 is 1.64 bits per heavy atom.